The molecule has 1 aromatic carbocycles. The molecule has 1 atom stereocenters. The maximum Gasteiger partial charge on any atom is 0.290 e. The Morgan fingerprint density at radius 1 is 1.24 bits per heavy atom. The number of hydrogen-bond acceptors (Lipinski definition) is 4. The molecule has 25 heavy (non-hydrogen) atoms. The van der Waals surface area contributed by atoms with Gasteiger partial charge in [0.1, 0.15) is 0 Å². The Labute approximate surface area is 146 Å². The van der Waals surface area contributed by atoms with Gasteiger partial charge in [-0.1, -0.05) is 49.3 Å². The summed E-state index contributed by atoms with van der Waals surface area (Å²) in [5.41, 5.74) is 1.80. The summed E-state index contributed by atoms with van der Waals surface area (Å²) in [5.74, 6) is 0.415. The SMILES string of the molecule is CC(C)Cc1cc(C(=O)NC(Cn2cccn2)c2ccccc2)on1. The van der Waals surface area contributed by atoms with Gasteiger partial charge < -0.3 is 9.84 Å². The molecule has 0 bridgehead atoms. The van der Waals surface area contributed by atoms with E-state index >= 15 is 0 Å². The number of rotatable bonds is 7. The van der Waals surface area contributed by atoms with Crippen molar-refractivity contribution in [3.05, 3.63) is 71.9 Å². The fourth-order valence-electron chi connectivity index (χ4n) is 2.68. The molecule has 0 saturated heterocycles. The number of amides is 1. The van der Waals surface area contributed by atoms with Crippen LogP contribution in [0.4, 0.5) is 0 Å². The zero-order valence-corrected chi connectivity index (χ0v) is 14.4. The van der Waals surface area contributed by atoms with Crippen LogP contribution in [-0.2, 0) is 13.0 Å². The number of nitrogens with zero attached hydrogens (tertiary/aromatic N) is 3. The first kappa shape index (κ1) is 17.0. The average Bonchev–Trinajstić information content (AvgIpc) is 3.26. The van der Waals surface area contributed by atoms with Crippen LogP contribution in [0.3, 0.4) is 0 Å². The van der Waals surface area contributed by atoms with Gasteiger partial charge in [-0.25, -0.2) is 0 Å². The Kier molecular flexibility index (Phi) is 5.28. The maximum absolute atomic E-state index is 12.6. The van der Waals surface area contributed by atoms with Crippen molar-refractivity contribution in [2.45, 2.75) is 32.9 Å². The van der Waals surface area contributed by atoms with Gasteiger partial charge in [-0.15, -0.1) is 0 Å². The van der Waals surface area contributed by atoms with E-state index in [1.807, 2.05) is 42.6 Å². The van der Waals surface area contributed by atoms with Gasteiger partial charge in [-0.05, 0) is 24.0 Å². The van der Waals surface area contributed by atoms with E-state index in [2.05, 4.69) is 29.4 Å². The van der Waals surface area contributed by atoms with E-state index in [1.54, 1.807) is 16.9 Å². The Balaban J connectivity index is 1.75. The lowest BCUT2D eigenvalue weighted by atomic mass is 10.1. The number of hydrogen-bond donors (Lipinski definition) is 1. The summed E-state index contributed by atoms with van der Waals surface area (Å²) < 4.78 is 7.01. The molecule has 0 aliphatic rings. The lowest BCUT2D eigenvalue weighted by molar-refractivity contribution is 0.0894. The van der Waals surface area contributed by atoms with Crippen molar-refractivity contribution in [1.29, 1.82) is 0 Å². The second kappa shape index (κ2) is 7.79. The molecule has 130 valence electrons. The predicted octanol–water partition coefficient (Wildman–Crippen LogP) is 3.24. The number of benzene rings is 1. The molecule has 3 rings (SSSR count). The van der Waals surface area contributed by atoms with Crippen LogP contribution in [-0.4, -0.2) is 20.8 Å². The smallest absolute Gasteiger partial charge is 0.290 e. The van der Waals surface area contributed by atoms with E-state index in [-0.39, 0.29) is 17.7 Å². The summed E-state index contributed by atoms with van der Waals surface area (Å²) in [6, 6.07) is 13.2. The molecule has 1 amide bonds. The van der Waals surface area contributed by atoms with Crippen LogP contribution in [0.2, 0.25) is 0 Å². The number of carbonyl (C=O) groups is 1. The lowest BCUT2D eigenvalue weighted by Crippen LogP contribution is -2.31. The second-order valence-corrected chi connectivity index (χ2v) is 6.45. The molecule has 0 saturated carbocycles. The van der Waals surface area contributed by atoms with Crippen molar-refractivity contribution in [3.8, 4) is 0 Å². The van der Waals surface area contributed by atoms with Gasteiger partial charge in [0.2, 0.25) is 5.76 Å². The summed E-state index contributed by atoms with van der Waals surface area (Å²) in [5, 5.41) is 11.2. The highest BCUT2D eigenvalue weighted by Crippen LogP contribution is 2.16. The normalized spacial score (nSPS) is 12.3. The number of aromatic nitrogens is 3. The molecule has 0 aliphatic carbocycles. The van der Waals surface area contributed by atoms with Crippen LogP contribution in [0.25, 0.3) is 0 Å². The quantitative estimate of drug-likeness (QED) is 0.718. The highest BCUT2D eigenvalue weighted by atomic mass is 16.5. The summed E-state index contributed by atoms with van der Waals surface area (Å²) in [6.07, 6.45) is 4.38. The van der Waals surface area contributed by atoms with Crippen LogP contribution in [0.1, 0.15) is 41.7 Å². The molecule has 0 radical (unpaired) electrons. The molecule has 0 aliphatic heterocycles. The third-order valence-corrected chi connectivity index (χ3v) is 3.84. The Morgan fingerprint density at radius 2 is 2.04 bits per heavy atom. The predicted molar refractivity (Wildman–Crippen MR) is 93.9 cm³/mol. The average molecular weight is 338 g/mol. The van der Waals surface area contributed by atoms with Crippen LogP contribution in [0, 0.1) is 5.92 Å². The van der Waals surface area contributed by atoms with E-state index in [9.17, 15) is 4.79 Å². The van der Waals surface area contributed by atoms with Crippen LogP contribution < -0.4 is 5.32 Å². The van der Waals surface area contributed by atoms with E-state index in [0.29, 0.717) is 12.5 Å². The highest BCUT2D eigenvalue weighted by Gasteiger charge is 2.20. The van der Waals surface area contributed by atoms with Crippen molar-refractivity contribution in [2.75, 3.05) is 0 Å². The summed E-state index contributed by atoms with van der Waals surface area (Å²) in [7, 11) is 0. The largest absolute Gasteiger partial charge is 0.351 e. The number of carbonyl (C=O) groups excluding carboxylic acids is 1. The minimum Gasteiger partial charge on any atom is -0.351 e. The Hall–Kier alpha value is -2.89. The summed E-state index contributed by atoms with van der Waals surface area (Å²) >= 11 is 0. The lowest BCUT2D eigenvalue weighted by Gasteiger charge is -2.18. The van der Waals surface area contributed by atoms with Crippen molar-refractivity contribution in [2.24, 2.45) is 5.92 Å². The monoisotopic (exact) mass is 338 g/mol. The molecule has 3 aromatic rings. The Morgan fingerprint density at radius 3 is 2.72 bits per heavy atom. The zero-order chi connectivity index (χ0) is 17.6. The molecule has 6 nitrogen and oxygen atoms in total. The summed E-state index contributed by atoms with van der Waals surface area (Å²) in [6.45, 7) is 4.74. The van der Waals surface area contributed by atoms with E-state index < -0.39 is 0 Å². The second-order valence-electron chi connectivity index (χ2n) is 6.45. The van der Waals surface area contributed by atoms with Gasteiger partial charge >= 0.3 is 0 Å². The first-order valence-corrected chi connectivity index (χ1v) is 8.40. The van der Waals surface area contributed by atoms with E-state index in [1.165, 1.54) is 0 Å². The minimum atomic E-state index is -0.275. The molecule has 1 N–H and O–H groups in total. The van der Waals surface area contributed by atoms with E-state index in [4.69, 9.17) is 4.52 Å². The van der Waals surface area contributed by atoms with Gasteiger partial charge in [0.15, 0.2) is 0 Å². The van der Waals surface area contributed by atoms with Crippen LogP contribution in [0.5, 0.6) is 0 Å². The maximum atomic E-state index is 12.6. The fourth-order valence-corrected chi connectivity index (χ4v) is 2.68. The highest BCUT2D eigenvalue weighted by molar-refractivity contribution is 5.91. The van der Waals surface area contributed by atoms with Gasteiger partial charge in [0, 0.05) is 18.5 Å². The molecular formula is C19H22N4O2. The van der Waals surface area contributed by atoms with Gasteiger partial charge in [0.05, 0.1) is 18.3 Å². The van der Waals surface area contributed by atoms with Crippen molar-refractivity contribution < 1.29 is 9.32 Å². The van der Waals surface area contributed by atoms with Crippen LogP contribution >= 0.6 is 0 Å². The number of nitrogens with one attached hydrogen (secondary N) is 1. The molecule has 2 aromatic heterocycles. The van der Waals surface area contributed by atoms with Crippen molar-refractivity contribution >= 4 is 5.91 Å². The molecule has 0 fully saturated rings. The molecular weight excluding hydrogens is 316 g/mol. The third kappa shape index (κ3) is 4.56. The zero-order valence-electron chi connectivity index (χ0n) is 14.4. The van der Waals surface area contributed by atoms with Crippen molar-refractivity contribution in [1.82, 2.24) is 20.3 Å². The van der Waals surface area contributed by atoms with Gasteiger partial charge in [-0.2, -0.15) is 5.10 Å². The fraction of sp³-hybridized carbons (Fsp3) is 0.316. The van der Waals surface area contributed by atoms with E-state index in [0.717, 1.165) is 17.7 Å². The standard InChI is InChI=1S/C19H22N4O2/c1-14(2)11-16-12-18(25-22-16)19(24)21-17(13-23-10-6-9-20-23)15-7-4-3-5-8-15/h3-10,12,14,17H,11,13H2,1-2H3,(H,21,24). The van der Waals surface area contributed by atoms with Crippen LogP contribution in [0.15, 0.2) is 59.4 Å². The van der Waals surface area contributed by atoms with Crippen molar-refractivity contribution in [3.63, 3.8) is 0 Å². The Bertz CT molecular complexity index is 794. The van der Waals surface area contributed by atoms with Gasteiger partial charge in [-0.3, -0.25) is 9.48 Å². The summed E-state index contributed by atoms with van der Waals surface area (Å²) in [4.78, 5) is 12.6. The molecule has 0 spiro atoms. The first-order valence-electron chi connectivity index (χ1n) is 8.40. The third-order valence-electron chi connectivity index (χ3n) is 3.84. The minimum absolute atomic E-state index is 0.216. The first-order chi connectivity index (χ1) is 12.1. The van der Waals surface area contributed by atoms with Gasteiger partial charge in [0.25, 0.3) is 5.91 Å². The molecule has 6 heteroatoms. The molecule has 1 unspecified atom stereocenters. The topological polar surface area (TPSA) is 73.0 Å². The molecule has 2 heterocycles.